The van der Waals surface area contributed by atoms with Crippen molar-refractivity contribution in [3.8, 4) is 0 Å². The average molecular weight is 439 g/mol. The molecule has 2 aromatic rings. The standard InChI is InChI=1S/C18H25N5.HI/c1-15-6-3-4-7-17(15)16-8-12-22(14-16)18(19-2)20-10-13-23-11-5-9-21-23;/h3-7,9,11,16H,8,10,12-14H2,1-2H3,(H,19,20);1H. The molecule has 1 saturated heterocycles. The first kappa shape index (κ1) is 18.8. The maximum absolute atomic E-state index is 4.44. The fourth-order valence-electron chi connectivity index (χ4n) is 3.30. The van der Waals surface area contributed by atoms with Crippen LogP contribution in [0.1, 0.15) is 23.5 Å². The van der Waals surface area contributed by atoms with Crippen LogP contribution in [0.5, 0.6) is 0 Å². The zero-order chi connectivity index (χ0) is 16.1. The van der Waals surface area contributed by atoms with Gasteiger partial charge < -0.3 is 10.2 Å². The summed E-state index contributed by atoms with van der Waals surface area (Å²) in [5.74, 6) is 1.59. The van der Waals surface area contributed by atoms with Crippen LogP contribution in [0.2, 0.25) is 0 Å². The van der Waals surface area contributed by atoms with Crippen LogP contribution in [0.25, 0.3) is 0 Å². The Balaban J connectivity index is 0.00000208. The molecular formula is C18H26IN5. The van der Waals surface area contributed by atoms with E-state index in [-0.39, 0.29) is 24.0 Å². The van der Waals surface area contributed by atoms with Gasteiger partial charge in [0.25, 0.3) is 0 Å². The van der Waals surface area contributed by atoms with Crippen LogP contribution in [0.15, 0.2) is 47.7 Å². The SMILES string of the molecule is CN=C(NCCn1cccn1)N1CCC(c2ccccc2C)C1.I. The lowest BCUT2D eigenvalue weighted by Gasteiger charge is -2.22. The number of rotatable bonds is 4. The highest BCUT2D eigenvalue weighted by Gasteiger charge is 2.26. The minimum Gasteiger partial charge on any atom is -0.354 e. The Hall–Kier alpha value is -1.57. The number of benzene rings is 1. The van der Waals surface area contributed by atoms with Crippen LogP contribution in [0.4, 0.5) is 0 Å². The molecule has 1 atom stereocenters. The number of aliphatic imine (C=N–C) groups is 1. The lowest BCUT2D eigenvalue weighted by Crippen LogP contribution is -2.41. The van der Waals surface area contributed by atoms with Gasteiger partial charge in [0.2, 0.25) is 0 Å². The first-order valence-electron chi connectivity index (χ1n) is 8.26. The van der Waals surface area contributed by atoms with E-state index in [4.69, 9.17) is 0 Å². The second kappa shape index (κ2) is 9.05. The Morgan fingerprint density at radius 1 is 1.33 bits per heavy atom. The molecule has 0 spiro atoms. The molecule has 1 aromatic carbocycles. The molecule has 0 amide bonds. The minimum absolute atomic E-state index is 0. The number of aromatic nitrogens is 2. The average Bonchev–Trinajstić information content (AvgIpc) is 3.24. The summed E-state index contributed by atoms with van der Waals surface area (Å²) in [6.07, 6.45) is 4.97. The normalized spacial score (nSPS) is 17.7. The van der Waals surface area contributed by atoms with Gasteiger partial charge in [-0.05, 0) is 30.5 Å². The number of guanidine groups is 1. The second-order valence-corrected chi connectivity index (χ2v) is 6.03. The molecule has 0 bridgehead atoms. The van der Waals surface area contributed by atoms with Crippen molar-refractivity contribution in [2.24, 2.45) is 4.99 Å². The molecule has 5 nitrogen and oxygen atoms in total. The Kier molecular flexibility index (Phi) is 7.08. The van der Waals surface area contributed by atoms with Crippen molar-refractivity contribution in [2.45, 2.75) is 25.8 Å². The maximum Gasteiger partial charge on any atom is 0.193 e. The molecule has 24 heavy (non-hydrogen) atoms. The van der Waals surface area contributed by atoms with Crippen LogP contribution < -0.4 is 5.32 Å². The first-order chi connectivity index (χ1) is 11.3. The molecule has 1 aliphatic rings. The molecule has 1 N–H and O–H groups in total. The highest BCUT2D eigenvalue weighted by Crippen LogP contribution is 2.29. The number of aryl methyl sites for hydroxylation is 1. The van der Waals surface area contributed by atoms with E-state index in [1.807, 2.05) is 30.2 Å². The molecule has 0 saturated carbocycles. The van der Waals surface area contributed by atoms with Crippen LogP contribution >= 0.6 is 24.0 Å². The zero-order valence-electron chi connectivity index (χ0n) is 14.4. The van der Waals surface area contributed by atoms with E-state index < -0.39 is 0 Å². The summed E-state index contributed by atoms with van der Waals surface area (Å²) in [6.45, 7) is 5.98. The summed E-state index contributed by atoms with van der Waals surface area (Å²) in [7, 11) is 1.86. The van der Waals surface area contributed by atoms with Gasteiger partial charge >= 0.3 is 0 Å². The highest BCUT2D eigenvalue weighted by atomic mass is 127. The van der Waals surface area contributed by atoms with Gasteiger partial charge in [0.15, 0.2) is 5.96 Å². The van der Waals surface area contributed by atoms with Crippen molar-refractivity contribution < 1.29 is 0 Å². The Bertz CT molecular complexity index is 653. The number of hydrogen-bond donors (Lipinski definition) is 1. The van der Waals surface area contributed by atoms with Gasteiger partial charge in [0, 0.05) is 45.0 Å². The Morgan fingerprint density at radius 3 is 2.88 bits per heavy atom. The van der Waals surface area contributed by atoms with Gasteiger partial charge in [0.05, 0.1) is 6.54 Å². The number of likely N-dealkylation sites (tertiary alicyclic amines) is 1. The van der Waals surface area contributed by atoms with Gasteiger partial charge in [-0.1, -0.05) is 24.3 Å². The van der Waals surface area contributed by atoms with Crippen LogP contribution in [-0.4, -0.2) is 47.3 Å². The molecule has 0 radical (unpaired) electrons. The molecule has 1 unspecified atom stereocenters. The summed E-state index contributed by atoms with van der Waals surface area (Å²) in [4.78, 5) is 6.80. The number of halogens is 1. The lowest BCUT2D eigenvalue weighted by molar-refractivity contribution is 0.478. The van der Waals surface area contributed by atoms with E-state index in [1.165, 1.54) is 17.5 Å². The van der Waals surface area contributed by atoms with Crippen LogP contribution in [0, 0.1) is 6.92 Å². The second-order valence-electron chi connectivity index (χ2n) is 6.03. The molecule has 130 valence electrons. The molecule has 1 fully saturated rings. The topological polar surface area (TPSA) is 45.5 Å². The summed E-state index contributed by atoms with van der Waals surface area (Å²) in [6, 6.07) is 10.7. The van der Waals surface area contributed by atoms with E-state index in [9.17, 15) is 0 Å². The van der Waals surface area contributed by atoms with E-state index in [1.54, 1.807) is 0 Å². The first-order valence-corrected chi connectivity index (χ1v) is 8.26. The molecule has 2 heterocycles. The van der Waals surface area contributed by atoms with Crippen LogP contribution in [0.3, 0.4) is 0 Å². The molecular weight excluding hydrogens is 413 g/mol. The third-order valence-electron chi connectivity index (χ3n) is 4.51. The van der Waals surface area contributed by atoms with E-state index >= 15 is 0 Å². The zero-order valence-corrected chi connectivity index (χ0v) is 16.7. The maximum atomic E-state index is 4.44. The van der Waals surface area contributed by atoms with Crippen LogP contribution in [-0.2, 0) is 6.54 Å². The van der Waals surface area contributed by atoms with Gasteiger partial charge in [-0.3, -0.25) is 9.67 Å². The van der Waals surface area contributed by atoms with Gasteiger partial charge in [-0.25, -0.2) is 0 Å². The minimum atomic E-state index is 0. The summed E-state index contributed by atoms with van der Waals surface area (Å²) >= 11 is 0. The molecule has 6 heteroatoms. The van der Waals surface area contributed by atoms with Gasteiger partial charge in [-0.15, -0.1) is 24.0 Å². The highest BCUT2D eigenvalue weighted by molar-refractivity contribution is 14.0. The summed E-state index contributed by atoms with van der Waals surface area (Å²) in [5.41, 5.74) is 2.86. The van der Waals surface area contributed by atoms with Crippen molar-refractivity contribution in [2.75, 3.05) is 26.7 Å². The molecule has 1 aliphatic heterocycles. The monoisotopic (exact) mass is 439 g/mol. The smallest absolute Gasteiger partial charge is 0.193 e. The van der Waals surface area contributed by atoms with Crippen molar-refractivity contribution in [3.63, 3.8) is 0 Å². The predicted octanol–water partition coefficient (Wildman–Crippen LogP) is 2.87. The summed E-state index contributed by atoms with van der Waals surface area (Å²) in [5, 5.41) is 7.67. The fraction of sp³-hybridized carbons (Fsp3) is 0.444. The third-order valence-corrected chi connectivity index (χ3v) is 4.51. The Labute approximate surface area is 161 Å². The van der Waals surface area contributed by atoms with E-state index in [2.05, 4.69) is 51.5 Å². The fourth-order valence-corrected chi connectivity index (χ4v) is 3.30. The van der Waals surface area contributed by atoms with Gasteiger partial charge in [0.1, 0.15) is 0 Å². The molecule has 3 rings (SSSR count). The van der Waals surface area contributed by atoms with Crippen molar-refractivity contribution >= 4 is 29.9 Å². The van der Waals surface area contributed by atoms with Crippen molar-refractivity contribution in [1.82, 2.24) is 20.0 Å². The quantitative estimate of drug-likeness (QED) is 0.453. The van der Waals surface area contributed by atoms with E-state index in [0.29, 0.717) is 5.92 Å². The summed E-state index contributed by atoms with van der Waals surface area (Å²) < 4.78 is 1.93. The lowest BCUT2D eigenvalue weighted by atomic mass is 9.94. The van der Waals surface area contributed by atoms with E-state index in [0.717, 1.165) is 32.1 Å². The number of nitrogens with zero attached hydrogens (tertiary/aromatic N) is 4. The Morgan fingerprint density at radius 2 is 2.17 bits per heavy atom. The molecule has 1 aromatic heterocycles. The van der Waals surface area contributed by atoms with Crippen molar-refractivity contribution in [1.29, 1.82) is 0 Å². The predicted molar refractivity (Wildman–Crippen MR) is 109 cm³/mol. The largest absolute Gasteiger partial charge is 0.354 e. The van der Waals surface area contributed by atoms with Crippen molar-refractivity contribution in [3.05, 3.63) is 53.9 Å². The molecule has 0 aliphatic carbocycles. The number of hydrogen-bond acceptors (Lipinski definition) is 2. The van der Waals surface area contributed by atoms with Gasteiger partial charge in [-0.2, -0.15) is 5.10 Å². The third kappa shape index (κ3) is 4.49. The number of nitrogens with one attached hydrogen (secondary N) is 1.